The van der Waals surface area contributed by atoms with E-state index in [4.69, 9.17) is 11.6 Å². The van der Waals surface area contributed by atoms with Gasteiger partial charge >= 0.3 is 0 Å². The van der Waals surface area contributed by atoms with Gasteiger partial charge in [0, 0.05) is 37.1 Å². The van der Waals surface area contributed by atoms with Gasteiger partial charge in [-0.2, -0.15) is 0 Å². The lowest BCUT2D eigenvalue weighted by molar-refractivity contribution is -0.384. The standard InChI is InChI=1S/C15H14ClN3O3/c1-18(2)12-5-3-4-10(8-12)15(20)17-11-6-7-13(16)14(9-11)19(21)22/h3-9H,1-2H3,(H,17,20). The van der Waals surface area contributed by atoms with E-state index in [1.54, 1.807) is 18.2 Å². The minimum atomic E-state index is -0.593. The predicted octanol–water partition coefficient (Wildman–Crippen LogP) is 3.57. The first-order valence-corrected chi connectivity index (χ1v) is 6.79. The van der Waals surface area contributed by atoms with Gasteiger partial charge in [0.2, 0.25) is 0 Å². The maximum absolute atomic E-state index is 12.2. The summed E-state index contributed by atoms with van der Waals surface area (Å²) in [7, 11) is 3.75. The first-order chi connectivity index (χ1) is 10.4. The topological polar surface area (TPSA) is 75.5 Å². The Kier molecular flexibility index (Phi) is 4.62. The smallest absolute Gasteiger partial charge is 0.289 e. The number of nitrogens with zero attached hydrogens (tertiary/aromatic N) is 2. The lowest BCUT2D eigenvalue weighted by Gasteiger charge is -2.13. The number of amides is 1. The molecule has 22 heavy (non-hydrogen) atoms. The molecule has 0 aromatic heterocycles. The van der Waals surface area contributed by atoms with Crippen molar-refractivity contribution >= 4 is 34.6 Å². The van der Waals surface area contributed by atoms with Crippen LogP contribution in [0.3, 0.4) is 0 Å². The van der Waals surface area contributed by atoms with Crippen LogP contribution in [0.2, 0.25) is 5.02 Å². The number of nitro benzene ring substituents is 1. The van der Waals surface area contributed by atoms with E-state index in [0.29, 0.717) is 11.3 Å². The number of benzene rings is 2. The molecule has 0 bridgehead atoms. The average Bonchev–Trinajstić information content (AvgIpc) is 2.49. The number of hydrogen-bond acceptors (Lipinski definition) is 4. The summed E-state index contributed by atoms with van der Waals surface area (Å²) < 4.78 is 0. The maximum Gasteiger partial charge on any atom is 0.289 e. The van der Waals surface area contributed by atoms with Gasteiger partial charge < -0.3 is 10.2 Å². The number of rotatable bonds is 4. The molecule has 0 aliphatic carbocycles. The molecule has 0 saturated carbocycles. The largest absolute Gasteiger partial charge is 0.378 e. The van der Waals surface area contributed by atoms with Gasteiger partial charge in [-0.3, -0.25) is 14.9 Å². The summed E-state index contributed by atoms with van der Waals surface area (Å²) in [5, 5.41) is 13.5. The second-order valence-electron chi connectivity index (χ2n) is 4.82. The number of carbonyl (C=O) groups is 1. The van der Waals surface area contributed by atoms with Crippen LogP contribution < -0.4 is 10.2 Å². The van der Waals surface area contributed by atoms with Crippen molar-refractivity contribution in [2.45, 2.75) is 0 Å². The molecule has 0 spiro atoms. The van der Waals surface area contributed by atoms with E-state index in [1.165, 1.54) is 18.2 Å². The minimum Gasteiger partial charge on any atom is -0.378 e. The third kappa shape index (κ3) is 3.53. The summed E-state index contributed by atoms with van der Waals surface area (Å²) in [4.78, 5) is 24.4. The molecule has 0 aliphatic heterocycles. The summed E-state index contributed by atoms with van der Waals surface area (Å²) in [6.07, 6.45) is 0. The molecule has 1 N–H and O–H groups in total. The zero-order chi connectivity index (χ0) is 16.3. The van der Waals surface area contributed by atoms with Crippen molar-refractivity contribution in [2.24, 2.45) is 0 Å². The highest BCUT2D eigenvalue weighted by atomic mass is 35.5. The highest BCUT2D eigenvalue weighted by molar-refractivity contribution is 6.32. The fourth-order valence-electron chi connectivity index (χ4n) is 1.86. The van der Waals surface area contributed by atoms with Crippen LogP contribution in [0.25, 0.3) is 0 Å². The van der Waals surface area contributed by atoms with Crippen molar-refractivity contribution in [3.05, 3.63) is 63.2 Å². The van der Waals surface area contributed by atoms with Crippen LogP contribution in [0.4, 0.5) is 17.1 Å². The Bertz CT molecular complexity index is 732. The zero-order valence-electron chi connectivity index (χ0n) is 12.0. The molecule has 2 aromatic rings. The van der Waals surface area contributed by atoms with E-state index >= 15 is 0 Å². The van der Waals surface area contributed by atoms with Gasteiger partial charge in [-0.1, -0.05) is 17.7 Å². The molecule has 2 aromatic carbocycles. The monoisotopic (exact) mass is 319 g/mol. The van der Waals surface area contributed by atoms with E-state index < -0.39 is 4.92 Å². The molecule has 0 fully saturated rings. The van der Waals surface area contributed by atoms with Crippen LogP contribution in [-0.2, 0) is 0 Å². The number of anilines is 2. The van der Waals surface area contributed by atoms with Crippen LogP contribution in [0.5, 0.6) is 0 Å². The third-order valence-electron chi connectivity index (χ3n) is 3.03. The highest BCUT2D eigenvalue weighted by Gasteiger charge is 2.14. The van der Waals surface area contributed by atoms with E-state index in [0.717, 1.165) is 5.69 Å². The van der Waals surface area contributed by atoms with Crippen molar-refractivity contribution in [2.75, 3.05) is 24.3 Å². The van der Waals surface area contributed by atoms with E-state index in [2.05, 4.69) is 5.32 Å². The average molecular weight is 320 g/mol. The molecule has 6 nitrogen and oxygen atoms in total. The second kappa shape index (κ2) is 6.44. The summed E-state index contributed by atoms with van der Waals surface area (Å²) in [6.45, 7) is 0. The van der Waals surface area contributed by atoms with Crippen LogP contribution >= 0.6 is 11.6 Å². The molecule has 0 saturated heterocycles. The predicted molar refractivity (Wildman–Crippen MR) is 86.8 cm³/mol. The Hall–Kier alpha value is -2.60. The number of carbonyl (C=O) groups excluding carboxylic acids is 1. The van der Waals surface area contributed by atoms with Crippen molar-refractivity contribution in [3.8, 4) is 0 Å². The molecule has 114 valence electrons. The lowest BCUT2D eigenvalue weighted by atomic mass is 10.1. The first-order valence-electron chi connectivity index (χ1n) is 6.41. The fraction of sp³-hybridized carbons (Fsp3) is 0.133. The van der Waals surface area contributed by atoms with Crippen LogP contribution in [-0.4, -0.2) is 24.9 Å². The lowest BCUT2D eigenvalue weighted by Crippen LogP contribution is -2.14. The summed E-state index contributed by atoms with van der Waals surface area (Å²) in [5.41, 5.74) is 1.41. The molecule has 1 amide bonds. The number of nitrogens with one attached hydrogen (secondary N) is 1. The molecule has 0 radical (unpaired) electrons. The van der Waals surface area contributed by atoms with Gasteiger partial charge in [0.15, 0.2) is 0 Å². The van der Waals surface area contributed by atoms with Gasteiger partial charge in [-0.25, -0.2) is 0 Å². The Labute approximate surface area is 132 Å². The van der Waals surface area contributed by atoms with Crippen molar-refractivity contribution in [1.82, 2.24) is 0 Å². The minimum absolute atomic E-state index is 0.0256. The van der Waals surface area contributed by atoms with Gasteiger partial charge in [0.1, 0.15) is 5.02 Å². The second-order valence-corrected chi connectivity index (χ2v) is 5.23. The molecule has 0 aliphatic rings. The third-order valence-corrected chi connectivity index (χ3v) is 3.35. The van der Waals surface area contributed by atoms with Gasteiger partial charge in [0.25, 0.3) is 11.6 Å². The molecule has 0 unspecified atom stereocenters. The van der Waals surface area contributed by atoms with Crippen LogP contribution in [0, 0.1) is 10.1 Å². The summed E-state index contributed by atoms with van der Waals surface area (Å²) >= 11 is 5.74. The van der Waals surface area contributed by atoms with E-state index in [9.17, 15) is 14.9 Å². The van der Waals surface area contributed by atoms with E-state index in [-0.39, 0.29) is 16.6 Å². The normalized spacial score (nSPS) is 10.1. The Morgan fingerprint density at radius 3 is 2.59 bits per heavy atom. The van der Waals surface area contributed by atoms with E-state index in [1.807, 2.05) is 25.1 Å². The molecular formula is C15H14ClN3O3. The maximum atomic E-state index is 12.2. The molecule has 0 atom stereocenters. The van der Waals surface area contributed by atoms with Gasteiger partial charge in [-0.05, 0) is 30.3 Å². The Morgan fingerprint density at radius 2 is 1.95 bits per heavy atom. The number of hydrogen-bond donors (Lipinski definition) is 1. The SMILES string of the molecule is CN(C)c1cccc(C(=O)Nc2ccc(Cl)c([N+](=O)[O-])c2)c1. The summed E-state index contributed by atoms with van der Waals surface area (Å²) in [5.74, 6) is -0.347. The number of halogens is 1. The molecule has 2 rings (SSSR count). The molecule has 7 heteroatoms. The van der Waals surface area contributed by atoms with Crippen LogP contribution in [0.1, 0.15) is 10.4 Å². The highest BCUT2D eigenvalue weighted by Crippen LogP contribution is 2.27. The zero-order valence-corrected chi connectivity index (χ0v) is 12.8. The van der Waals surface area contributed by atoms with Crippen molar-refractivity contribution in [3.63, 3.8) is 0 Å². The van der Waals surface area contributed by atoms with Crippen molar-refractivity contribution in [1.29, 1.82) is 0 Å². The quantitative estimate of drug-likeness (QED) is 0.690. The molecule has 0 heterocycles. The van der Waals surface area contributed by atoms with Gasteiger partial charge in [0.05, 0.1) is 4.92 Å². The fourth-order valence-corrected chi connectivity index (χ4v) is 2.05. The Morgan fingerprint density at radius 1 is 1.23 bits per heavy atom. The number of nitro groups is 1. The molecular weight excluding hydrogens is 306 g/mol. The van der Waals surface area contributed by atoms with Gasteiger partial charge in [-0.15, -0.1) is 0 Å². The first kappa shape index (κ1) is 15.8. The van der Waals surface area contributed by atoms with Crippen LogP contribution in [0.15, 0.2) is 42.5 Å². The Balaban J connectivity index is 2.24. The van der Waals surface area contributed by atoms with Crippen molar-refractivity contribution < 1.29 is 9.72 Å². The summed E-state index contributed by atoms with van der Waals surface area (Å²) in [6, 6.07) is 11.2.